The molecule has 1 saturated heterocycles. The van der Waals surface area contributed by atoms with Gasteiger partial charge in [0.1, 0.15) is 10.8 Å². The molecule has 2 aliphatic rings. The lowest BCUT2D eigenvalue weighted by Gasteiger charge is -2.28. The van der Waals surface area contributed by atoms with Crippen LogP contribution >= 0.6 is 11.3 Å². The molecule has 2 amide bonds. The van der Waals surface area contributed by atoms with Crippen molar-refractivity contribution in [3.05, 3.63) is 53.5 Å². The number of anilines is 1. The molecule has 28 heavy (non-hydrogen) atoms. The fourth-order valence-corrected chi connectivity index (χ4v) is 4.97. The molecule has 7 heteroatoms. The third-order valence-electron chi connectivity index (χ3n) is 5.24. The van der Waals surface area contributed by atoms with E-state index >= 15 is 0 Å². The minimum absolute atomic E-state index is 0.0242. The van der Waals surface area contributed by atoms with Gasteiger partial charge in [0.25, 0.3) is 5.91 Å². The maximum absolute atomic E-state index is 13.0. The van der Waals surface area contributed by atoms with Crippen molar-refractivity contribution < 1.29 is 14.3 Å². The largest absolute Gasteiger partial charge is 0.478 e. The van der Waals surface area contributed by atoms with Crippen LogP contribution in [0.2, 0.25) is 0 Å². The lowest BCUT2D eigenvalue weighted by molar-refractivity contribution is -0.137. The van der Waals surface area contributed by atoms with E-state index in [2.05, 4.69) is 11.4 Å². The van der Waals surface area contributed by atoms with Crippen LogP contribution in [0.4, 0.5) is 5.69 Å². The van der Waals surface area contributed by atoms with Crippen LogP contribution in [-0.2, 0) is 9.59 Å². The molecule has 0 saturated carbocycles. The second kappa shape index (κ2) is 6.91. The standard InChI is InChI=1S/C21H19N3O3S/c25-19(12-17-20(26)22-13-6-1-3-9-16(13)27-17)24-11-5-8-15(24)21-23-14-7-2-4-10-18(14)28-21/h1-4,6-7,9-10,15,17H,5,8,11-12H2,(H,22,26)/t15-,17+/m0/s1. The Balaban J connectivity index is 1.34. The summed E-state index contributed by atoms with van der Waals surface area (Å²) in [5, 5.41) is 3.79. The molecule has 2 aromatic carbocycles. The fourth-order valence-electron chi connectivity index (χ4n) is 3.86. The molecule has 1 fully saturated rings. The average Bonchev–Trinajstić information content (AvgIpc) is 3.35. The fraction of sp³-hybridized carbons (Fsp3) is 0.286. The molecule has 0 radical (unpaired) electrons. The topological polar surface area (TPSA) is 71.5 Å². The van der Waals surface area contributed by atoms with Crippen LogP contribution in [0.25, 0.3) is 10.2 Å². The summed E-state index contributed by atoms with van der Waals surface area (Å²) in [5.74, 6) is 0.258. The molecule has 0 spiro atoms. The highest BCUT2D eigenvalue weighted by molar-refractivity contribution is 7.18. The van der Waals surface area contributed by atoms with Crippen LogP contribution in [0.1, 0.15) is 30.3 Å². The zero-order chi connectivity index (χ0) is 19.1. The number of carbonyl (C=O) groups is 2. The van der Waals surface area contributed by atoms with Gasteiger partial charge >= 0.3 is 0 Å². The molecule has 2 atom stereocenters. The minimum Gasteiger partial charge on any atom is -0.478 e. The summed E-state index contributed by atoms with van der Waals surface area (Å²) in [5.41, 5.74) is 1.61. The highest BCUT2D eigenvalue weighted by atomic mass is 32.1. The molecule has 5 rings (SSSR count). The van der Waals surface area contributed by atoms with E-state index in [1.807, 2.05) is 35.2 Å². The smallest absolute Gasteiger partial charge is 0.266 e. The summed E-state index contributed by atoms with van der Waals surface area (Å²) < 4.78 is 6.92. The monoisotopic (exact) mass is 393 g/mol. The van der Waals surface area contributed by atoms with Crippen molar-refractivity contribution in [2.24, 2.45) is 0 Å². The molecular formula is C21H19N3O3S. The molecule has 142 valence electrons. The number of hydrogen-bond donors (Lipinski definition) is 1. The Morgan fingerprint density at radius 2 is 2.04 bits per heavy atom. The van der Waals surface area contributed by atoms with Gasteiger partial charge in [0.2, 0.25) is 5.91 Å². The predicted molar refractivity (Wildman–Crippen MR) is 107 cm³/mol. The summed E-state index contributed by atoms with van der Waals surface area (Å²) >= 11 is 1.64. The molecule has 3 heterocycles. The Morgan fingerprint density at radius 3 is 2.93 bits per heavy atom. The van der Waals surface area contributed by atoms with Gasteiger partial charge < -0.3 is 15.0 Å². The first-order chi connectivity index (χ1) is 13.7. The SMILES string of the molecule is O=C1Nc2ccccc2O[C@@H]1CC(=O)N1CCC[C@H]1c1nc2ccccc2s1. The number of carbonyl (C=O) groups excluding carboxylic acids is 2. The van der Waals surface area contributed by atoms with Crippen molar-refractivity contribution in [3.8, 4) is 5.75 Å². The second-order valence-corrected chi connectivity index (χ2v) is 8.12. The summed E-state index contributed by atoms with van der Waals surface area (Å²) in [6, 6.07) is 15.3. The van der Waals surface area contributed by atoms with Crippen LogP contribution in [0.15, 0.2) is 48.5 Å². The first-order valence-electron chi connectivity index (χ1n) is 9.40. The first kappa shape index (κ1) is 17.2. The van der Waals surface area contributed by atoms with E-state index < -0.39 is 6.10 Å². The second-order valence-electron chi connectivity index (χ2n) is 7.06. The van der Waals surface area contributed by atoms with Gasteiger partial charge in [-0.05, 0) is 37.1 Å². The molecule has 0 unspecified atom stereocenters. The normalized spacial score (nSPS) is 21.3. The van der Waals surface area contributed by atoms with Gasteiger partial charge in [-0.2, -0.15) is 0 Å². The first-order valence-corrected chi connectivity index (χ1v) is 10.2. The van der Waals surface area contributed by atoms with Gasteiger partial charge in [0.05, 0.1) is 28.4 Å². The van der Waals surface area contributed by atoms with E-state index in [0.29, 0.717) is 18.0 Å². The summed E-state index contributed by atoms with van der Waals surface area (Å²) in [7, 11) is 0. The number of thiazole rings is 1. The van der Waals surface area contributed by atoms with Gasteiger partial charge in [-0.15, -0.1) is 11.3 Å². The average molecular weight is 393 g/mol. The van der Waals surface area contributed by atoms with Gasteiger partial charge in [0.15, 0.2) is 6.10 Å². The lowest BCUT2D eigenvalue weighted by Crippen LogP contribution is -2.42. The highest BCUT2D eigenvalue weighted by Gasteiger charge is 2.36. The molecule has 1 N–H and O–H groups in total. The summed E-state index contributed by atoms with van der Waals surface area (Å²) in [6.45, 7) is 0.685. The van der Waals surface area contributed by atoms with Crippen LogP contribution < -0.4 is 10.1 Å². The van der Waals surface area contributed by atoms with Crippen molar-refractivity contribution in [3.63, 3.8) is 0 Å². The zero-order valence-electron chi connectivity index (χ0n) is 15.1. The number of nitrogens with one attached hydrogen (secondary N) is 1. The summed E-state index contributed by atoms with van der Waals surface area (Å²) in [6.07, 6.45) is 1.06. The molecule has 3 aromatic rings. The molecule has 0 bridgehead atoms. The molecule has 0 aliphatic carbocycles. The maximum atomic E-state index is 13.0. The number of ether oxygens (including phenoxy) is 1. The van der Waals surface area contributed by atoms with E-state index in [1.54, 1.807) is 23.5 Å². The van der Waals surface area contributed by atoms with Crippen LogP contribution in [0, 0.1) is 0 Å². The molecule has 2 aliphatic heterocycles. The van der Waals surface area contributed by atoms with Gasteiger partial charge in [-0.3, -0.25) is 9.59 Å². The Hall–Kier alpha value is -2.93. The van der Waals surface area contributed by atoms with E-state index in [9.17, 15) is 9.59 Å². The zero-order valence-corrected chi connectivity index (χ0v) is 15.9. The van der Waals surface area contributed by atoms with Gasteiger partial charge in [-0.25, -0.2) is 4.98 Å². The number of aromatic nitrogens is 1. The van der Waals surface area contributed by atoms with Crippen LogP contribution in [0.5, 0.6) is 5.75 Å². The maximum Gasteiger partial charge on any atom is 0.266 e. The molecule has 6 nitrogen and oxygen atoms in total. The number of para-hydroxylation sites is 3. The van der Waals surface area contributed by atoms with E-state index in [-0.39, 0.29) is 24.3 Å². The van der Waals surface area contributed by atoms with Crippen molar-refractivity contribution in [2.75, 3.05) is 11.9 Å². The number of rotatable bonds is 3. The third kappa shape index (κ3) is 3.01. The predicted octanol–water partition coefficient (Wildman–Crippen LogP) is 3.75. The number of likely N-dealkylation sites (tertiary alicyclic amines) is 1. The van der Waals surface area contributed by atoms with Crippen molar-refractivity contribution in [1.29, 1.82) is 0 Å². The Morgan fingerprint density at radius 1 is 1.21 bits per heavy atom. The van der Waals surface area contributed by atoms with E-state index in [0.717, 1.165) is 28.1 Å². The summed E-state index contributed by atoms with van der Waals surface area (Å²) in [4.78, 5) is 32.0. The van der Waals surface area contributed by atoms with Crippen molar-refractivity contribution >= 4 is 39.1 Å². The number of hydrogen-bond acceptors (Lipinski definition) is 5. The van der Waals surface area contributed by atoms with Gasteiger partial charge in [0, 0.05) is 6.54 Å². The Bertz CT molecular complexity index is 1030. The number of fused-ring (bicyclic) bond motifs is 2. The quantitative estimate of drug-likeness (QED) is 0.736. The third-order valence-corrected chi connectivity index (χ3v) is 6.37. The van der Waals surface area contributed by atoms with E-state index in [1.165, 1.54) is 0 Å². The lowest BCUT2D eigenvalue weighted by atomic mass is 10.1. The Kier molecular flexibility index (Phi) is 4.24. The van der Waals surface area contributed by atoms with Gasteiger partial charge in [-0.1, -0.05) is 24.3 Å². The highest BCUT2D eigenvalue weighted by Crippen LogP contribution is 2.37. The van der Waals surface area contributed by atoms with Crippen molar-refractivity contribution in [1.82, 2.24) is 9.88 Å². The van der Waals surface area contributed by atoms with Crippen LogP contribution in [0.3, 0.4) is 0 Å². The number of nitrogens with zero attached hydrogens (tertiary/aromatic N) is 2. The van der Waals surface area contributed by atoms with Crippen LogP contribution in [-0.4, -0.2) is 34.3 Å². The molecular weight excluding hydrogens is 374 g/mol. The molecule has 1 aromatic heterocycles. The van der Waals surface area contributed by atoms with E-state index in [4.69, 9.17) is 9.72 Å². The minimum atomic E-state index is -0.806. The number of benzene rings is 2. The number of amides is 2. The Labute approximate surface area is 166 Å². The van der Waals surface area contributed by atoms with Crippen molar-refractivity contribution in [2.45, 2.75) is 31.4 Å².